The molecule has 0 bridgehead atoms. The molecule has 0 heterocycles. The van der Waals surface area contributed by atoms with E-state index in [9.17, 15) is 19.2 Å². The van der Waals surface area contributed by atoms with Gasteiger partial charge in [-0.1, -0.05) is 36.4 Å². The largest absolute Gasteiger partial charge is 0.426 e. The van der Waals surface area contributed by atoms with Crippen LogP contribution in [0.2, 0.25) is 0 Å². The Bertz CT molecular complexity index is 907. The second kappa shape index (κ2) is 10.2. The Morgan fingerprint density at radius 3 is 1.83 bits per heavy atom. The van der Waals surface area contributed by atoms with Crippen LogP contribution >= 0.6 is 0 Å². The molecule has 1 amide bonds. The van der Waals surface area contributed by atoms with Crippen molar-refractivity contribution in [2.75, 3.05) is 14.1 Å². The van der Waals surface area contributed by atoms with Gasteiger partial charge in [0.05, 0.1) is 0 Å². The van der Waals surface area contributed by atoms with Gasteiger partial charge in [0.25, 0.3) is 0 Å². The molecule has 9 nitrogen and oxygen atoms in total. The number of hydroxylamine groups is 1. The summed E-state index contributed by atoms with van der Waals surface area (Å²) in [6.07, 6.45) is 0. The zero-order valence-electron chi connectivity index (χ0n) is 17.0. The lowest BCUT2D eigenvalue weighted by atomic mass is 10.1. The van der Waals surface area contributed by atoms with Gasteiger partial charge in [-0.3, -0.25) is 14.4 Å². The van der Waals surface area contributed by atoms with Gasteiger partial charge in [-0.05, 0) is 17.7 Å². The molecule has 0 aliphatic carbocycles. The van der Waals surface area contributed by atoms with Gasteiger partial charge in [-0.2, -0.15) is 0 Å². The summed E-state index contributed by atoms with van der Waals surface area (Å²) in [5.41, 5.74) is 2.74. The number of nitrogens with zero attached hydrogens (tertiary/aromatic N) is 1. The second-order valence-electron chi connectivity index (χ2n) is 6.40. The minimum Gasteiger partial charge on any atom is -0.426 e. The maximum atomic E-state index is 12.8. The quantitative estimate of drug-likeness (QED) is 0.416. The Balaban J connectivity index is 2.33. The van der Waals surface area contributed by atoms with Crippen LogP contribution in [0.25, 0.3) is 0 Å². The zero-order chi connectivity index (χ0) is 22.3. The summed E-state index contributed by atoms with van der Waals surface area (Å²) in [4.78, 5) is 54.6. The Morgan fingerprint density at radius 1 is 0.833 bits per heavy atom. The van der Waals surface area contributed by atoms with Crippen LogP contribution in [-0.4, -0.2) is 42.8 Å². The second-order valence-corrected chi connectivity index (χ2v) is 6.40. The molecule has 2 aromatic carbocycles. The van der Waals surface area contributed by atoms with Crippen molar-refractivity contribution in [2.24, 2.45) is 0 Å². The van der Waals surface area contributed by atoms with E-state index in [1.165, 1.54) is 23.1 Å². The highest BCUT2D eigenvalue weighted by molar-refractivity contribution is 5.97. The van der Waals surface area contributed by atoms with E-state index in [4.69, 9.17) is 14.3 Å². The number of nitrogens with one attached hydrogen (secondary N) is 1. The highest BCUT2D eigenvalue weighted by Crippen LogP contribution is 2.30. The molecule has 0 saturated heterocycles. The third-order valence-electron chi connectivity index (χ3n) is 3.79. The van der Waals surface area contributed by atoms with E-state index >= 15 is 0 Å². The van der Waals surface area contributed by atoms with Crippen LogP contribution in [0, 0.1) is 0 Å². The molecular formula is C21H22N2O7. The van der Waals surface area contributed by atoms with Crippen molar-refractivity contribution in [2.45, 2.75) is 19.9 Å². The molecule has 30 heavy (non-hydrogen) atoms. The van der Waals surface area contributed by atoms with E-state index in [1.54, 1.807) is 44.4 Å². The van der Waals surface area contributed by atoms with Gasteiger partial charge in [-0.15, -0.1) is 5.48 Å². The fourth-order valence-electron chi connectivity index (χ4n) is 2.52. The van der Waals surface area contributed by atoms with Crippen LogP contribution in [0.1, 0.15) is 35.8 Å². The van der Waals surface area contributed by atoms with Crippen molar-refractivity contribution in [3.8, 4) is 11.5 Å². The SMILES string of the molecule is CC(=O)Oc1cccc(OC(C)=O)c1C(=O)ONC(C(=O)N(C)C)c1ccccc1. The van der Waals surface area contributed by atoms with Gasteiger partial charge in [0.1, 0.15) is 23.1 Å². The van der Waals surface area contributed by atoms with E-state index < -0.39 is 23.9 Å². The summed E-state index contributed by atoms with van der Waals surface area (Å²) in [5.74, 6) is -3.02. The molecule has 2 rings (SSSR count). The van der Waals surface area contributed by atoms with E-state index in [0.29, 0.717) is 5.56 Å². The van der Waals surface area contributed by atoms with Crippen LogP contribution in [0.15, 0.2) is 48.5 Å². The highest BCUT2D eigenvalue weighted by Gasteiger charge is 2.27. The van der Waals surface area contributed by atoms with Crippen LogP contribution in [0.3, 0.4) is 0 Å². The Labute approximate surface area is 173 Å². The molecule has 158 valence electrons. The average molecular weight is 414 g/mol. The van der Waals surface area contributed by atoms with Gasteiger partial charge >= 0.3 is 17.9 Å². The number of likely N-dealkylation sites (N-methyl/N-ethyl adjacent to an activating group) is 1. The first kappa shape index (κ1) is 22.6. The summed E-state index contributed by atoms with van der Waals surface area (Å²) >= 11 is 0. The topological polar surface area (TPSA) is 111 Å². The van der Waals surface area contributed by atoms with Gasteiger partial charge in [0.15, 0.2) is 0 Å². The number of hydrogen-bond donors (Lipinski definition) is 1. The first-order chi connectivity index (χ1) is 14.2. The number of hydrogen-bond acceptors (Lipinski definition) is 8. The maximum Gasteiger partial charge on any atom is 0.364 e. The molecule has 1 atom stereocenters. The minimum absolute atomic E-state index is 0.150. The highest BCUT2D eigenvalue weighted by atomic mass is 16.7. The summed E-state index contributed by atoms with van der Waals surface area (Å²) in [7, 11) is 3.13. The first-order valence-electron chi connectivity index (χ1n) is 8.93. The number of carbonyl (C=O) groups excluding carboxylic acids is 4. The van der Waals surface area contributed by atoms with Gasteiger partial charge in [0.2, 0.25) is 5.91 Å². The lowest BCUT2D eigenvalue weighted by Gasteiger charge is -2.22. The fraction of sp³-hybridized carbons (Fsp3) is 0.238. The number of carbonyl (C=O) groups is 4. The number of ether oxygens (including phenoxy) is 2. The standard InChI is InChI=1S/C21H22N2O7/c1-13(24)28-16-11-8-12-17(29-14(2)25)18(16)21(27)30-22-19(20(26)23(3)4)15-9-6-5-7-10-15/h5-12,19,22H,1-4H3. The summed E-state index contributed by atoms with van der Waals surface area (Å²) in [6, 6.07) is 11.8. The normalized spacial score (nSPS) is 11.2. The smallest absolute Gasteiger partial charge is 0.364 e. The molecule has 0 spiro atoms. The zero-order valence-corrected chi connectivity index (χ0v) is 17.0. The van der Waals surface area contributed by atoms with Crippen molar-refractivity contribution < 1.29 is 33.5 Å². The van der Waals surface area contributed by atoms with Gasteiger partial charge in [-0.25, -0.2) is 4.79 Å². The molecule has 1 unspecified atom stereocenters. The third kappa shape index (κ3) is 5.89. The summed E-state index contributed by atoms with van der Waals surface area (Å²) < 4.78 is 10.1. The van der Waals surface area contributed by atoms with Crippen molar-refractivity contribution in [3.05, 3.63) is 59.7 Å². The molecule has 1 N–H and O–H groups in total. The number of amides is 1. The van der Waals surface area contributed by atoms with E-state index in [1.807, 2.05) is 0 Å². The monoisotopic (exact) mass is 414 g/mol. The van der Waals surface area contributed by atoms with E-state index in [-0.39, 0.29) is 23.0 Å². The molecule has 0 aliphatic rings. The molecule has 0 radical (unpaired) electrons. The van der Waals surface area contributed by atoms with Crippen molar-refractivity contribution in [1.82, 2.24) is 10.4 Å². The lowest BCUT2D eigenvalue weighted by molar-refractivity contribution is -0.134. The van der Waals surface area contributed by atoms with Crippen LogP contribution < -0.4 is 15.0 Å². The molecule has 0 saturated carbocycles. The minimum atomic E-state index is -1.00. The van der Waals surface area contributed by atoms with Crippen molar-refractivity contribution >= 4 is 23.8 Å². The summed E-state index contributed by atoms with van der Waals surface area (Å²) in [6.45, 7) is 2.32. The summed E-state index contributed by atoms with van der Waals surface area (Å²) in [5, 5.41) is 0. The molecule has 9 heteroatoms. The van der Waals surface area contributed by atoms with E-state index in [2.05, 4.69) is 5.48 Å². The Morgan fingerprint density at radius 2 is 1.37 bits per heavy atom. The average Bonchev–Trinajstić information content (AvgIpc) is 2.67. The van der Waals surface area contributed by atoms with Crippen molar-refractivity contribution in [3.63, 3.8) is 0 Å². The molecule has 0 fully saturated rings. The predicted molar refractivity (Wildman–Crippen MR) is 105 cm³/mol. The van der Waals surface area contributed by atoms with Crippen LogP contribution in [-0.2, 0) is 19.2 Å². The third-order valence-corrected chi connectivity index (χ3v) is 3.79. The van der Waals surface area contributed by atoms with Crippen LogP contribution in [0.5, 0.6) is 11.5 Å². The van der Waals surface area contributed by atoms with E-state index in [0.717, 1.165) is 13.8 Å². The lowest BCUT2D eigenvalue weighted by Crippen LogP contribution is -2.38. The van der Waals surface area contributed by atoms with Gasteiger partial charge < -0.3 is 19.2 Å². The fourth-order valence-corrected chi connectivity index (χ4v) is 2.52. The number of esters is 2. The molecule has 0 aromatic heterocycles. The molecule has 2 aromatic rings. The molecular weight excluding hydrogens is 392 g/mol. The number of rotatable bonds is 7. The Hall–Kier alpha value is -3.72. The predicted octanol–water partition coefficient (Wildman–Crippen LogP) is 2.03. The van der Waals surface area contributed by atoms with Gasteiger partial charge in [0, 0.05) is 27.9 Å². The van der Waals surface area contributed by atoms with Crippen molar-refractivity contribution in [1.29, 1.82) is 0 Å². The van der Waals surface area contributed by atoms with Crippen LogP contribution in [0.4, 0.5) is 0 Å². The first-order valence-corrected chi connectivity index (χ1v) is 8.93. The number of benzene rings is 2. The Kier molecular flexibility index (Phi) is 7.65. The molecule has 0 aliphatic heterocycles. The maximum absolute atomic E-state index is 12.8.